The van der Waals surface area contributed by atoms with Gasteiger partial charge in [-0.25, -0.2) is 0 Å². The molecule has 2 atom stereocenters. The number of likely N-dealkylation sites (tertiary alicyclic amines) is 1. The highest BCUT2D eigenvalue weighted by atomic mass is 16.5. The Balaban J connectivity index is 1.83. The summed E-state index contributed by atoms with van der Waals surface area (Å²) >= 11 is 0. The number of nitrogens with one attached hydrogen (secondary N) is 1. The van der Waals surface area contributed by atoms with Gasteiger partial charge in [0.2, 0.25) is 0 Å². The van der Waals surface area contributed by atoms with Crippen LogP contribution in [-0.2, 0) is 4.74 Å². The van der Waals surface area contributed by atoms with E-state index in [9.17, 15) is 0 Å². The zero-order valence-electron chi connectivity index (χ0n) is 10.1. The third kappa shape index (κ3) is 2.92. The molecule has 0 bridgehead atoms. The summed E-state index contributed by atoms with van der Waals surface area (Å²) in [6.45, 7) is 8.41. The van der Waals surface area contributed by atoms with Crippen LogP contribution in [0.2, 0.25) is 0 Å². The van der Waals surface area contributed by atoms with E-state index in [2.05, 4.69) is 17.1 Å². The van der Waals surface area contributed by atoms with Crippen LogP contribution >= 0.6 is 0 Å². The summed E-state index contributed by atoms with van der Waals surface area (Å²) in [6, 6.07) is 0. The van der Waals surface area contributed by atoms with Crippen LogP contribution in [0.15, 0.2) is 0 Å². The second kappa shape index (κ2) is 4.81. The Hall–Kier alpha value is -0.120. The largest absolute Gasteiger partial charge is 0.380 e. The molecule has 0 saturated carbocycles. The molecule has 3 nitrogen and oxygen atoms in total. The summed E-state index contributed by atoms with van der Waals surface area (Å²) in [5.74, 6) is 0. The average molecular weight is 212 g/mol. The molecule has 2 aliphatic rings. The third-order valence-electron chi connectivity index (χ3n) is 3.86. The number of piperidine rings is 1. The van der Waals surface area contributed by atoms with Crippen molar-refractivity contribution < 1.29 is 4.74 Å². The maximum atomic E-state index is 5.46. The SMILES string of the molecule is COC1CCCN(CC2(C)CCNC2)C1. The number of rotatable bonds is 3. The Bertz CT molecular complexity index is 202. The molecular formula is C12H24N2O. The van der Waals surface area contributed by atoms with Crippen molar-refractivity contribution in [3.05, 3.63) is 0 Å². The minimum Gasteiger partial charge on any atom is -0.380 e. The highest BCUT2D eigenvalue weighted by Gasteiger charge is 2.32. The smallest absolute Gasteiger partial charge is 0.0698 e. The Kier molecular flexibility index (Phi) is 3.65. The second-order valence-corrected chi connectivity index (χ2v) is 5.47. The van der Waals surface area contributed by atoms with Gasteiger partial charge in [-0.2, -0.15) is 0 Å². The molecule has 2 fully saturated rings. The van der Waals surface area contributed by atoms with Crippen molar-refractivity contribution >= 4 is 0 Å². The molecule has 0 radical (unpaired) electrons. The van der Waals surface area contributed by atoms with Gasteiger partial charge in [0.05, 0.1) is 6.10 Å². The van der Waals surface area contributed by atoms with Crippen LogP contribution in [0.1, 0.15) is 26.2 Å². The Morgan fingerprint density at radius 3 is 3.07 bits per heavy atom. The first-order chi connectivity index (χ1) is 7.22. The van der Waals surface area contributed by atoms with Crippen LogP contribution in [0, 0.1) is 5.41 Å². The summed E-state index contributed by atoms with van der Waals surface area (Å²) in [6.07, 6.45) is 4.32. The van der Waals surface area contributed by atoms with Gasteiger partial charge in [-0.1, -0.05) is 6.92 Å². The van der Waals surface area contributed by atoms with Gasteiger partial charge in [0.1, 0.15) is 0 Å². The van der Waals surface area contributed by atoms with E-state index in [1.54, 1.807) is 0 Å². The molecule has 88 valence electrons. The van der Waals surface area contributed by atoms with E-state index < -0.39 is 0 Å². The average Bonchev–Trinajstić information content (AvgIpc) is 2.65. The monoisotopic (exact) mass is 212 g/mol. The van der Waals surface area contributed by atoms with Gasteiger partial charge < -0.3 is 15.0 Å². The topological polar surface area (TPSA) is 24.5 Å². The molecule has 2 saturated heterocycles. The predicted octanol–water partition coefficient (Wildman–Crippen LogP) is 1.10. The predicted molar refractivity (Wildman–Crippen MR) is 62.1 cm³/mol. The van der Waals surface area contributed by atoms with Gasteiger partial charge >= 0.3 is 0 Å². The van der Waals surface area contributed by atoms with Crippen molar-refractivity contribution in [3.8, 4) is 0 Å². The van der Waals surface area contributed by atoms with E-state index in [4.69, 9.17) is 4.74 Å². The highest BCUT2D eigenvalue weighted by molar-refractivity contribution is 4.88. The number of hydrogen-bond acceptors (Lipinski definition) is 3. The quantitative estimate of drug-likeness (QED) is 0.758. The van der Waals surface area contributed by atoms with E-state index >= 15 is 0 Å². The molecule has 3 heteroatoms. The standard InChI is InChI=1S/C12H24N2O/c1-12(5-6-13-9-12)10-14-7-3-4-11(8-14)15-2/h11,13H,3-10H2,1-2H3. The van der Waals surface area contributed by atoms with E-state index in [0.29, 0.717) is 11.5 Å². The van der Waals surface area contributed by atoms with E-state index in [1.807, 2.05) is 7.11 Å². The third-order valence-corrected chi connectivity index (χ3v) is 3.86. The summed E-state index contributed by atoms with van der Waals surface area (Å²) in [5, 5.41) is 3.47. The zero-order chi connectivity index (χ0) is 10.7. The lowest BCUT2D eigenvalue weighted by Crippen LogP contribution is -2.45. The van der Waals surface area contributed by atoms with Gasteiger partial charge in [-0.05, 0) is 37.8 Å². The Morgan fingerprint density at radius 1 is 1.53 bits per heavy atom. The van der Waals surface area contributed by atoms with Crippen molar-refractivity contribution in [2.45, 2.75) is 32.3 Å². The van der Waals surface area contributed by atoms with Crippen LogP contribution in [0.4, 0.5) is 0 Å². The number of methoxy groups -OCH3 is 1. The number of ether oxygens (including phenoxy) is 1. The van der Waals surface area contributed by atoms with Crippen molar-refractivity contribution in [2.75, 3.05) is 39.8 Å². The van der Waals surface area contributed by atoms with E-state index in [-0.39, 0.29) is 0 Å². The van der Waals surface area contributed by atoms with Crippen LogP contribution < -0.4 is 5.32 Å². The molecule has 2 rings (SSSR count). The van der Waals surface area contributed by atoms with Crippen molar-refractivity contribution in [3.63, 3.8) is 0 Å². The molecule has 1 N–H and O–H groups in total. The van der Waals surface area contributed by atoms with Crippen LogP contribution in [-0.4, -0.2) is 50.8 Å². The second-order valence-electron chi connectivity index (χ2n) is 5.47. The van der Waals surface area contributed by atoms with E-state index in [0.717, 1.165) is 6.54 Å². The summed E-state index contributed by atoms with van der Waals surface area (Å²) in [4.78, 5) is 2.59. The van der Waals surface area contributed by atoms with Crippen LogP contribution in [0.25, 0.3) is 0 Å². The lowest BCUT2D eigenvalue weighted by atomic mass is 9.88. The fourth-order valence-corrected chi connectivity index (χ4v) is 2.89. The highest BCUT2D eigenvalue weighted by Crippen LogP contribution is 2.27. The minimum absolute atomic E-state index is 0.469. The van der Waals surface area contributed by atoms with Crippen LogP contribution in [0.3, 0.4) is 0 Å². The summed E-state index contributed by atoms with van der Waals surface area (Å²) in [5.41, 5.74) is 0.496. The molecule has 0 spiro atoms. The maximum absolute atomic E-state index is 5.46. The fourth-order valence-electron chi connectivity index (χ4n) is 2.89. The lowest BCUT2D eigenvalue weighted by molar-refractivity contribution is 0.0185. The van der Waals surface area contributed by atoms with Crippen molar-refractivity contribution in [1.29, 1.82) is 0 Å². The summed E-state index contributed by atoms with van der Waals surface area (Å²) < 4.78 is 5.46. The minimum atomic E-state index is 0.469. The molecule has 2 heterocycles. The van der Waals surface area contributed by atoms with Gasteiger partial charge in [-0.3, -0.25) is 0 Å². The van der Waals surface area contributed by atoms with Gasteiger partial charge in [-0.15, -0.1) is 0 Å². The molecule has 15 heavy (non-hydrogen) atoms. The van der Waals surface area contributed by atoms with Gasteiger partial charge in [0.15, 0.2) is 0 Å². The normalized spacial score (nSPS) is 38.4. The first-order valence-corrected chi connectivity index (χ1v) is 6.18. The van der Waals surface area contributed by atoms with Gasteiger partial charge in [0.25, 0.3) is 0 Å². The molecular weight excluding hydrogens is 188 g/mol. The molecule has 0 aromatic rings. The molecule has 0 aromatic heterocycles. The molecule has 2 aliphatic heterocycles. The molecule has 2 unspecified atom stereocenters. The number of hydrogen-bond donors (Lipinski definition) is 1. The molecule has 0 amide bonds. The van der Waals surface area contributed by atoms with Crippen molar-refractivity contribution in [2.24, 2.45) is 5.41 Å². The van der Waals surface area contributed by atoms with E-state index in [1.165, 1.54) is 45.4 Å². The maximum Gasteiger partial charge on any atom is 0.0698 e. The first-order valence-electron chi connectivity index (χ1n) is 6.18. The Morgan fingerprint density at radius 2 is 2.40 bits per heavy atom. The zero-order valence-corrected chi connectivity index (χ0v) is 10.1. The fraction of sp³-hybridized carbons (Fsp3) is 1.00. The Labute approximate surface area is 93.2 Å². The van der Waals surface area contributed by atoms with Gasteiger partial charge in [0, 0.05) is 26.7 Å². The molecule has 0 aliphatic carbocycles. The lowest BCUT2D eigenvalue weighted by Gasteiger charge is -2.37. The van der Waals surface area contributed by atoms with Crippen LogP contribution in [0.5, 0.6) is 0 Å². The number of nitrogens with zero attached hydrogens (tertiary/aromatic N) is 1. The van der Waals surface area contributed by atoms with Crippen molar-refractivity contribution in [1.82, 2.24) is 10.2 Å². The summed E-state index contributed by atoms with van der Waals surface area (Å²) in [7, 11) is 1.84. The molecule has 0 aromatic carbocycles. The first kappa shape index (κ1) is 11.4.